The number of phenolic OH excluding ortho intramolecular Hbond substituents is 1. The van der Waals surface area contributed by atoms with Gasteiger partial charge in [0, 0.05) is 18.3 Å². The molecule has 6 heteroatoms. The average Bonchev–Trinajstić information content (AvgIpc) is 3.08. The molecular formula is C27H29FN2O2S. The van der Waals surface area contributed by atoms with Gasteiger partial charge < -0.3 is 20.0 Å². The number of aliphatic hydroxyl groups is 1. The molecule has 1 fully saturated rings. The molecule has 4 rings (SSSR count). The number of likely N-dealkylation sites (N-methyl/N-ethyl adjacent to an activating group) is 1. The lowest BCUT2D eigenvalue weighted by atomic mass is 9.92. The molecule has 1 aliphatic rings. The summed E-state index contributed by atoms with van der Waals surface area (Å²) in [5.41, 5.74) is 3.59. The van der Waals surface area contributed by atoms with Crippen LogP contribution >= 0.6 is 12.2 Å². The van der Waals surface area contributed by atoms with Crippen LogP contribution < -0.4 is 4.90 Å². The molecule has 0 unspecified atom stereocenters. The van der Waals surface area contributed by atoms with E-state index >= 15 is 0 Å². The Morgan fingerprint density at radius 3 is 2.30 bits per heavy atom. The van der Waals surface area contributed by atoms with Gasteiger partial charge >= 0.3 is 0 Å². The predicted molar refractivity (Wildman–Crippen MR) is 134 cm³/mol. The van der Waals surface area contributed by atoms with Crippen LogP contribution in [0.15, 0.2) is 72.8 Å². The number of thiocarbonyl (C=S) groups is 1. The summed E-state index contributed by atoms with van der Waals surface area (Å²) in [5, 5.41) is 21.0. The lowest BCUT2D eigenvalue weighted by molar-refractivity contribution is 0.281. The summed E-state index contributed by atoms with van der Waals surface area (Å²) in [6.45, 7) is -0.119. The molecule has 0 amide bonds. The number of aromatic hydroxyl groups is 1. The Kier molecular flexibility index (Phi) is 7.26. The van der Waals surface area contributed by atoms with Gasteiger partial charge in [0.05, 0.1) is 18.7 Å². The first-order valence-corrected chi connectivity index (χ1v) is 11.7. The summed E-state index contributed by atoms with van der Waals surface area (Å²) in [7, 11) is 2.02. The van der Waals surface area contributed by atoms with E-state index in [0.29, 0.717) is 5.56 Å². The molecular weight excluding hydrogens is 435 g/mol. The van der Waals surface area contributed by atoms with E-state index in [2.05, 4.69) is 9.80 Å². The van der Waals surface area contributed by atoms with Gasteiger partial charge in [0.2, 0.25) is 0 Å². The highest BCUT2D eigenvalue weighted by molar-refractivity contribution is 7.80. The molecule has 0 bridgehead atoms. The maximum absolute atomic E-state index is 13.2. The topological polar surface area (TPSA) is 46.9 Å². The SMILES string of the molecule is CN1C(=S)N(c2ccccc2)[C@H](c2ccc(CO)cc2O)[C@H]1CCCCc1ccc(F)cc1. The summed E-state index contributed by atoms with van der Waals surface area (Å²) < 4.78 is 13.2. The molecule has 1 heterocycles. The van der Waals surface area contributed by atoms with Crippen molar-refractivity contribution < 1.29 is 14.6 Å². The Labute approximate surface area is 199 Å². The fourth-order valence-electron chi connectivity index (χ4n) is 4.64. The molecule has 0 radical (unpaired) electrons. The van der Waals surface area contributed by atoms with E-state index < -0.39 is 0 Å². The first-order chi connectivity index (χ1) is 16.0. The lowest BCUT2D eigenvalue weighted by Crippen LogP contribution is -2.30. The first-order valence-electron chi connectivity index (χ1n) is 11.3. The van der Waals surface area contributed by atoms with Gasteiger partial charge in [-0.05, 0) is 72.9 Å². The van der Waals surface area contributed by atoms with E-state index in [0.717, 1.165) is 47.6 Å². The second-order valence-electron chi connectivity index (χ2n) is 8.53. The van der Waals surface area contributed by atoms with Crippen molar-refractivity contribution in [3.05, 3.63) is 95.3 Å². The molecule has 3 aromatic rings. The van der Waals surface area contributed by atoms with E-state index in [1.807, 2.05) is 61.6 Å². The number of para-hydroxylation sites is 1. The molecule has 1 saturated heterocycles. The molecule has 1 aliphatic heterocycles. The number of nitrogens with zero attached hydrogens (tertiary/aromatic N) is 2. The third-order valence-corrected chi connectivity index (χ3v) is 6.89. The molecule has 33 heavy (non-hydrogen) atoms. The van der Waals surface area contributed by atoms with Gasteiger partial charge in [-0.1, -0.05) is 48.9 Å². The Morgan fingerprint density at radius 2 is 1.64 bits per heavy atom. The van der Waals surface area contributed by atoms with Crippen molar-refractivity contribution in [1.29, 1.82) is 0 Å². The number of rotatable bonds is 8. The molecule has 0 aliphatic carbocycles. The summed E-state index contributed by atoms with van der Waals surface area (Å²) >= 11 is 5.85. The molecule has 172 valence electrons. The van der Waals surface area contributed by atoms with Crippen LogP contribution in [0.3, 0.4) is 0 Å². The lowest BCUT2D eigenvalue weighted by Gasteiger charge is -2.29. The van der Waals surface area contributed by atoms with Crippen molar-refractivity contribution in [1.82, 2.24) is 4.90 Å². The van der Waals surface area contributed by atoms with Crippen molar-refractivity contribution in [2.45, 2.75) is 44.4 Å². The van der Waals surface area contributed by atoms with Crippen molar-refractivity contribution in [3.63, 3.8) is 0 Å². The van der Waals surface area contributed by atoms with Crippen LogP contribution in [0.25, 0.3) is 0 Å². The largest absolute Gasteiger partial charge is 0.508 e. The number of unbranched alkanes of at least 4 members (excludes halogenated alkanes) is 1. The van der Waals surface area contributed by atoms with Crippen LogP contribution in [0, 0.1) is 5.82 Å². The molecule has 2 N–H and O–H groups in total. The van der Waals surface area contributed by atoms with Gasteiger partial charge in [-0.15, -0.1) is 0 Å². The second kappa shape index (κ2) is 10.3. The third-order valence-electron chi connectivity index (χ3n) is 6.41. The molecule has 2 atom stereocenters. The highest BCUT2D eigenvalue weighted by atomic mass is 32.1. The number of benzene rings is 3. The summed E-state index contributed by atoms with van der Waals surface area (Å²) in [6.07, 6.45) is 3.75. The fourth-order valence-corrected chi connectivity index (χ4v) is 5.00. The van der Waals surface area contributed by atoms with Gasteiger partial charge in [0.1, 0.15) is 11.6 Å². The van der Waals surface area contributed by atoms with Crippen LogP contribution in [0.2, 0.25) is 0 Å². The third kappa shape index (κ3) is 5.02. The van der Waals surface area contributed by atoms with Crippen LogP contribution in [0.5, 0.6) is 5.75 Å². The maximum Gasteiger partial charge on any atom is 0.176 e. The zero-order valence-electron chi connectivity index (χ0n) is 18.7. The normalized spacial score (nSPS) is 18.2. The van der Waals surface area contributed by atoms with Crippen molar-refractivity contribution in [2.24, 2.45) is 0 Å². The van der Waals surface area contributed by atoms with E-state index in [1.165, 1.54) is 12.1 Å². The number of anilines is 1. The van der Waals surface area contributed by atoms with Crippen LogP contribution in [0.1, 0.15) is 42.0 Å². The fraction of sp³-hybridized carbons (Fsp3) is 0.296. The highest BCUT2D eigenvalue weighted by Crippen LogP contribution is 2.43. The van der Waals surface area contributed by atoms with Gasteiger partial charge in [-0.2, -0.15) is 0 Å². The molecule has 4 nitrogen and oxygen atoms in total. The van der Waals surface area contributed by atoms with Crippen molar-refractivity contribution >= 4 is 23.0 Å². The van der Waals surface area contributed by atoms with E-state index in [-0.39, 0.29) is 30.3 Å². The van der Waals surface area contributed by atoms with E-state index in [4.69, 9.17) is 12.2 Å². The minimum absolute atomic E-state index is 0.0804. The number of hydrogen-bond acceptors (Lipinski definition) is 3. The van der Waals surface area contributed by atoms with Crippen molar-refractivity contribution in [2.75, 3.05) is 11.9 Å². The minimum atomic E-state index is -0.212. The number of hydrogen-bond donors (Lipinski definition) is 2. The highest BCUT2D eigenvalue weighted by Gasteiger charge is 2.43. The predicted octanol–water partition coefficient (Wildman–Crippen LogP) is 5.58. The molecule has 0 saturated carbocycles. The number of aryl methyl sites for hydroxylation is 1. The monoisotopic (exact) mass is 464 g/mol. The number of aliphatic hydroxyl groups excluding tert-OH is 1. The Hall–Kier alpha value is -2.96. The standard InChI is InChI=1S/C27H29FN2O2S/c1-29-24(10-6-5-7-19-11-14-21(28)15-12-19)26(23-16-13-20(18-31)17-25(23)32)30(27(29)33)22-8-3-2-4-9-22/h2-4,8-9,11-17,24,26,31-32H,5-7,10,18H2,1H3/t24-,26-/m1/s1. The minimum Gasteiger partial charge on any atom is -0.508 e. The van der Waals surface area contributed by atoms with E-state index in [9.17, 15) is 14.6 Å². The first kappa shape index (κ1) is 23.2. The zero-order valence-corrected chi connectivity index (χ0v) is 19.5. The summed E-state index contributed by atoms with van der Waals surface area (Å²) in [5.74, 6) is -0.0439. The van der Waals surface area contributed by atoms with Crippen LogP contribution in [0.4, 0.5) is 10.1 Å². The smallest absolute Gasteiger partial charge is 0.176 e. The Morgan fingerprint density at radius 1 is 0.939 bits per heavy atom. The Balaban J connectivity index is 1.58. The van der Waals surface area contributed by atoms with Gasteiger partial charge in [-0.3, -0.25) is 0 Å². The van der Waals surface area contributed by atoms with Crippen LogP contribution in [-0.4, -0.2) is 33.3 Å². The number of phenols is 1. The maximum atomic E-state index is 13.2. The quantitative estimate of drug-likeness (QED) is 0.336. The Bertz CT molecular complexity index is 1090. The van der Waals surface area contributed by atoms with Gasteiger partial charge in [-0.25, -0.2) is 4.39 Å². The van der Waals surface area contributed by atoms with Crippen molar-refractivity contribution in [3.8, 4) is 5.75 Å². The van der Waals surface area contributed by atoms with Crippen LogP contribution in [-0.2, 0) is 13.0 Å². The average molecular weight is 465 g/mol. The molecule has 0 aromatic heterocycles. The van der Waals surface area contributed by atoms with E-state index in [1.54, 1.807) is 6.07 Å². The van der Waals surface area contributed by atoms with Gasteiger partial charge in [0.15, 0.2) is 5.11 Å². The molecule has 3 aromatic carbocycles. The number of halogens is 1. The second-order valence-corrected chi connectivity index (χ2v) is 8.90. The van der Waals surface area contributed by atoms with Gasteiger partial charge in [0.25, 0.3) is 0 Å². The summed E-state index contributed by atoms with van der Waals surface area (Å²) in [4.78, 5) is 4.25. The molecule has 0 spiro atoms. The summed E-state index contributed by atoms with van der Waals surface area (Å²) in [6, 6.07) is 22.0. The zero-order chi connectivity index (χ0) is 23.4.